The van der Waals surface area contributed by atoms with E-state index in [9.17, 15) is 4.79 Å². The standard InChI is InChI=1S/C23H28N2O/c1-4-17-25(18-5-2)19-16-23(22(26)24-3,20-12-8-6-9-13-20)21-14-10-7-11-15-21/h4-15H,1-2,16-19H2,3H3,(H,24,26). The van der Waals surface area contributed by atoms with Gasteiger partial charge in [-0.2, -0.15) is 0 Å². The molecule has 3 heteroatoms. The van der Waals surface area contributed by atoms with Crippen molar-refractivity contribution in [1.82, 2.24) is 10.2 Å². The molecule has 0 saturated heterocycles. The van der Waals surface area contributed by atoms with Gasteiger partial charge in [-0.05, 0) is 17.5 Å². The van der Waals surface area contributed by atoms with Gasteiger partial charge in [-0.3, -0.25) is 9.69 Å². The van der Waals surface area contributed by atoms with Crippen molar-refractivity contribution in [2.75, 3.05) is 26.7 Å². The number of hydrogen-bond donors (Lipinski definition) is 1. The molecule has 0 aliphatic rings. The third-order valence-corrected chi connectivity index (χ3v) is 4.73. The summed E-state index contributed by atoms with van der Waals surface area (Å²) in [6, 6.07) is 20.0. The fourth-order valence-electron chi connectivity index (χ4n) is 3.44. The van der Waals surface area contributed by atoms with Crippen molar-refractivity contribution in [1.29, 1.82) is 0 Å². The average Bonchev–Trinajstić information content (AvgIpc) is 2.70. The fraction of sp³-hybridized carbons (Fsp3) is 0.261. The van der Waals surface area contributed by atoms with Crippen LogP contribution >= 0.6 is 0 Å². The Bertz CT molecular complexity index is 660. The minimum absolute atomic E-state index is 0.00653. The second kappa shape index (κ2) is 9.73. The van der Waals surface area contributed by atoms with E-state index in [4.69, 9.17) is 0 Å². The highest BCUT2D eigenvalue weighted by Crippen LogP contribution is 2.36. The number of nitrogens with zero attached hydrogens (tertiary/aromatic N) is 1. The van der Waals surface area contributed by atoms with E-state index in [1.807, 2.05) is 72.8 Å². The summed E-state index contributed by atoms with van der Waals surface area (Å²) in [5.74, 6) is 0.00653. The summed E-state index contributed by atoms with van der Waals surface area (Å²) in [6.07, 6.45) is 4.44. The lowest BCUT2D eigenvalue weighted by molar-refractivity contribution is -0.125. The lowest BCUT2D eigenvalue weighted by atomic mass is 9.71. The zero-order valence-corrected chi connectivity index (χ0v) is 15.5. The van der Waals surface area contributed by atoms with Gasteiger partial charge in [0.1, 0.15) is 5.41 Å². The molecule has 3 nitrogen and oxygen atoms in total. The van der Waals surface area contributed by atoms with Gasteiger partial charge in [-0.1, -0.05) is 72.8 Å². The van der Waals surface area contributed by atoms with Gasteiger partial charge in [0.05, 0.1) is 0 Å². The summed E-state index contributed by atoms with van der Waals surface area (Å²) in [7, 11) is 1.70. The van der Waals surface area contributed by atoms with E-state index >= 15 is 0 Å². The Balaban J connectivity index is 2.50. The second-order valence-corrected chi connectivity index (χ2v) is 6.30. The maximum Gasteiger partial charge on any atom is 0.234 e. The smallest absolute Gasteiger partial charge is 0.234 e. The van der Waals surface area contributed by atoms with Crippen LogP contribution in [-0.4, -0.2) is 37.5 Å². The molecule has 2 aromatic rings. The first-order valence-electron chi connectivity index (χ1n) is 8.96. The number of nitrogens with one attached hydrogen (secondary N) is 1. The molecule has 0 spiro atoms. The molecular weight excluding hydrogens is 320 g/mol. The summed E-state index contributed by atoms with van der Waals surface area (Å²) in [5.41, 5.74) is 1.27. The maximum atomic E-state index is 13.2. The van der Waals surface area contributed by atoms with Crippen LogP contribution in [0.15, 0.2) is 86.0 Å². The van der Waals surface area contributed by atoms with Crippen LogP contribution in [0.2, 0.25) is 0 Å². The molecular formula is C23H28N2O. The van der Waals surface area contributed by atoms with Crippen LogP contribution in [0.1, 0.15) is 17.5 Å². The molecule has 0 aliphatic heterocycles. The zero-order chi connectivity index (χ0) is 18.8. The fourth-order valence-corrected chi connectivity index (χ4v) is 3.44. The number of carbonyl (C=O) groups is 1. The van der Waals surface area contributed by atoms with Crippen LogP contribution in [0.3, 0.4) is 0 Å². The van der Waals surface area contributed by atoms with E-state index in [-0.39, 0.29) is 5.91 Å². The van der Waals surface area contributed by atoms with Crippen LogP contribution < -0.4 is 5.32 Å². The molecule has 0 aliphatic carbocycles. The van der Waals surface area contributed by atoms with Gasteiger partial charge in [-0.15, -0.1) is 13.2 Å². The molecule has 0 heterocycles. The van der Waals surface area contributed by atoms with Crippen LogP contribution in [0.5, 0.6) is 0 Å². The second-order valence-electron chi connectivity index (χ2n) is 6.30. The van der Waals surface area contributed by atoms with Gasteiger partial charge < -0.3 is 5.32 Å². The number of rotatable bonds is 10. The highest BCUT2D eigenvalue weighted by molar-refractivity contribution is 5.92. The van der Waals surface area contributed by atoms with Crippen LogP contribution in [0.25, 0.3) is 0 Å². The van der Waals surface area contributed by atoms with Crippen molar-refractivity contribution in [2.45, 2.75) is 11.8 Å². The van der Waals surface area contributed by atoms with Crippen LogP contribution in [0, 0.1) is 0 Å². The van der Waals surface area contributed by atoms with Crippen molar-refractivity contribution in [3.8, 4) is 0 Å². The molecule has 1 N–H and O–H groups in total. The van der Waals surface area contributed by atoms with Gasteiger partial charge in [0.2, 0.25) is 5.91 Å². The number of carbonyl (C=O) groups excluding carboxylic acids is 1. The third-order valence-electron chi connectivity index (χ3n) is 4.73. The van der Waals surface area contributed by atoms with Crippen molar-refractivity contribution >= 4 is 5.91 Å². The van der Waals surface area contributed by atoms with E-state index in [1.54, 1.807) is 7.05 Å². The molecule has 1 amide bonds. The van der Waals surface area contributed by atoms with Gasteiger partial charge in [0.15, 0.2) is 0 Å². The Morgan fingerprint density at radius 1 is 0.962 bits per heavy atom. The SMILES string of the molecule is C=CCN(CC=C)CCC(C(=O)NC)(c1ccccc1)c1ccccc1. The molecule has 26 heavy (non-hydrogen) atoms. The van der Waals surface area contributed by atoms with Crippen molar-refractivity contribution in [3.05, 3.63) is 97.1 Å². The highest BCUT2D eigenvalue weighted by atomic mass is 16.2. The molecule has 0 radical (unpaired) electrons. The van der Waals surface area contributed by atoms with Gasteiger partial charge >= 0.3 is 0 Å². The summed E-state index contributed by atoms with van der Waals surface area (Å²) in [5, 5.41) is 2.89. The predicted molar refractivity (Wildman–Crippen MR) is 109 cm³/mol. The lowest BCUT2D eigenvalue weighted by Crippen LogP contribution is -2.46. The van der Waals surface area contributed by atoms with E-state index in [0.717, 1.165) is 30.8 Å². The van der Waals surface area contributed by atoms with Crippen molar-refractivity contribution in [3.63, 3.8) is 0 Å². The largest absolute Gasteiger partial charge is 0.358 e. The van der Waals surface area contributed by atoms with Crippen molar-refractivity contribution < 1.29 is 4.79 Å². The molecule has 0 aromatic heterocycles. The topological polar surface area (TPSA) is 32.3 Å². The minimum atomic E-state index is -0.738. The quantitative estimate of drug-likeness (QED) is 0.663. The van der Waals surface area contributed by atoms with Gasteiger partial charge in [0, 0.05) is 26.7 Å². The Labute approximate surface area is 157 Å². The van der Waals surface area contributed by atoms with E-state index in [1.165, 1.54) is 0 Å². The van der Waals surface area contributed by atoms with E-state index in [0.29, 0.717) is 6.42 Å². The van der Waals surface area contributed by atoms with Crippen molar-refractivity contribution in [2.24, 2.45) is 0 Å². The normalized spacial score (nSPS) is 11.2. The van der Waals surface area contributed by atoms with E-state index < -0.39 is 5.41 Å². The third kappa shape index (κ3) is 4.30. The monoisotopic (exact) mass is 348 g/mol. The van der Waals surface area contributed by atoms with E-state index in [2.05, 4.69) is 23.4 Å². The number of hydrogen-bond acceptors (Lipinski definition) is 2. The van der Waals surface area contributed by atoms with Gasteiger partial charge in [0.25, 0.3) is 0 Å². The first kappa shape index (κ1) is 19.7. The number of benzene rings is 2. The Morgan fingerprint density at radius 2 is 1.42 bits per heavy atom. The highest BCUT2D eigenvalue weighted by Gasteiger charge is 2.41. The Morgan fingerprint density at radius 3 is 1.81 bits per heavy atom. The summed E-state index contributed by atoms with van der Waals surface area (Å²) in [4.78, 5) is 15.4. The number of likely N-dealkylation sites (N-methyl/N-ethyl adjacent to an activating group) is 1. The molecule has 0 atom stereocenters. The molecule has 0 saturated carbocycles. The lowest BCUT2D eigenvalue weighted by Gasteiger charge is -2.35. The van der Waals surface area contributed by atoms with Crippen LogP contribution in [-0.2, 0) is 10.2 Å². The minimum Gasteiger partial charge on any atom is -0.358 e. The summed E-state index contributed by atoms with van der Waals surface area (Å²) < 4.78 is 0. The van der Waals surface area contributed by atoms with Crippen LogP contribution in [0.4, 0.5) is 0 Å². The molecule has 0 fully saturated rings. The number of amides is 1. The Kier molecular flexibility index (Phi) is 7.37. The zero-order valence-electron chi connectivity index (χ0n) is 15.5. The molecule has 0 unspecified atom stereocenters. The van der Waals surface area contributed by atoms with Gasteiger partial charge in [-0.25, -0.2) is 0 Å². The summed E-state index contributed by atoms with van der Waals surface area (Å²) in [6.45, 7) is 9.96. The molecule has 136 valence electrons. The Hall–Kier alpha value is -2.65. The molecule has 0 bridgehead atoms. The first-order chi connectivity index (χ1) is 12.7. The molecule has 2 rings (SSSR count). The molecule has 2 aromatic carbocycles. The average molecular weight is 348 g/mol. The first-order valence-corrected chi connectivity index (χ1v) is 8.96. The predicted octanol–water partition coefficient (Wildman–Crippen LogP) is 3.78. The maximum absolute atomic E-state index is 13.2. The summed E-state index contributed by atoms with van der Waals surface area (Å²) >= 11 is 0.